The first-order chi connectivity index (χ1) is 3.72. The fourth-order valence-electron chi connectivity index (χ4n) is 0.0226. The van der Waals surface area contributed by atoms with Gasteiger partial charge in [0, 0.05) is 4.17 Å². The third kappa shape index (κ3) is 4.54. The number of hydrogen-bond acceptors (Lipinski definition) is 0. The second-order valence-electron chi connectivity index (χ2n) is 0.674. The highest BCUT2D eigenvalue weighted by atomic mass is 127. The summed E-state index contributed by atoms with van der Waals surface area (Å²) in [5.41, 5.74) is 0. The van der Waals surface area contributed by atoms with Crippen molar-refractivity contribution in [3.8, 4) is 0 Å². The Bertz CT molecular complexity index is 60.0. The minimum absolute atomic E-state index is 0.281. The normalized spacial score (nSPS) is 20.3. The predicted molar refractivity (Wildman–Crippen MR) is 56.7 cm³/mol. The molecule has 0 radical (unpaired) electrons. The van der Waals surface area contributed by atoms with E-state index in [2.05, 4.69) is 44.6 Å². The highest BCUT2D eigenvalue weighted by Crippen LogP contribution is 2.57. The largest absolute Gasteiger partial charge is 0.141 e. The van der Waals surface area contributed by atoms with Gasteiger partial charge in [-0.2, -0.15) is 0 Å². The zero-order chi connectivity index (χ0) is 6.57. The molecule has 0 heterocycles. The van der Waals surface area contributed by atoms with Gasteiger partial charge in [-0.3, -0.25) is 0 Å². The van der Waals surface area contributed by atoms with E-state index in [1.165, 1.54) is 0 Å². The molecule has 0 bridgehead atoms. The van der Waals surface area contributed by atoms with E-state index >= 15 is 0 Å². The summed E-state index contributed by atoms with van der Waals surface area (Å²) in [6, 6.07) is 0. The number of halogens is 2. The molecule has 0 nitrogen and oxygen atoms in total. The first-order valence-corrected chi connectivity index (χ1v) is 9.33. The van der Waals surface area contributed by atoms with E-state index in [-0.39, 0.29) is 7.49 Å². The molecule has 0 rings (SSSR count). The van der Waals surface area contributed by atoms with Crippen LogP contribution in [0.1, 0.15) is 0 Å². The smallest absolute Gasteiger partial charge is 0.107 e. The SMILES string of the molecule is [2H]B([3H])P(CI)PI. The molecule has 0 aliphatic heterocycles. The molecule has 0 N–H and O–H groups in total. The second kappa shape index (κ2) is 5.52. The van der Waals surface area contributed by atoms with Gasteiger partial charge in [0.05, 0.1) is 0 Å². The van der Waals surface area contributed by atoms with Gasteiger partial charge in [0.25, 0.3) is 0 Å². The van der Waals surface area contributed by atoms with Gasteiger partial charge in [0.2, 0.25) is 0 Å². The lowest BCUT2D eigenvalue weighted by Gasteiger charge is -1.97. The predicted octanol–water partition coefficient (Wildman–Crippen LogP) is 2.35. The summed E-state index contributed by atoms with van der Waals surface area (Å²) < 4.78 is 15.1. The molecule has 0 aliphatic rings. The molecule has 5 heteroatoms. The van der Waals surface area contributed by atoms with Gasteiger partial charge in [-0.05, 0) is 8.58 Å². The van der Waals surface area contributed by atoms with Crippen LogP contribution >= 0.6 is 58.0 Å². The van der Waals surface area contributed by atoms with Gasteiger partial charge in [-0.25, -0.2) is 0 Å². The summed E-state index contributed by atoms with van der Waals surface area (Å²) in [6.07, 6.45) is 0. The Labute approximate surface area is 71.7 Å². The zero-order valence-electron chi connectivity index (χ0n) is 4.99. The van der Waals surface area contributed by atoms with Gasteiger partial charge in [-0.1, -0.05) is 44.6 Å². The summed E-state index contributed by atoms with van der Waals surface area (Å²) in [7, 11) is -0.839. The lowest BCUT2D eigenvalue weighted by atomic mass is 10.8. The van der Waals surface area contributed by atoms with Gasteiger partial charge < -0.3 is 0 Å². The maximum Gasteiger partial charge on any atom is 0.141 e. The fourth-order valence-corrected chi connectivity index (χ4v) is 9.15. The van der Waals surface area contributed by atoms with E-state index in [0.717, 1.165) is 10.1 Å². The van der Waals surface area contributed by atoms with Crippen molar-refractivity contribution in [3.63, 3.8) is 0 Å². The fraction of sp³-hybridized carbons (Fsp3) is 1.00. The maximum atomic E-state index is 7.03. The average Bonchev–Trinajstić information content (AvgIpc) is 1.69. The van der Waals surface area contributed by atoms with Crippen LogP contribution in [0.5, 0.6) is 0 Å². The van der Waals surface area contributed by atoms with Crippen LogP contribution in [0.2, 0.25) is 0 Å². The summed E-state index contributed by atoms with van der Waals surface area (Å²) in [4.78, 5) is 0. The van der Waals surface area contributed by atoms with E-state index in [1.807, 2.05) is 0 Å². The van der Waals surface area contributed by atoms with Crippen molar-refractivity contribution in [2.24, 2.45) is 0 Å². The Kier molecular flexibility index (Phi) is 4.78. The molecule has 0 aliphatic carbocycles. The molecule has 0 aromatic carbocycles. The van der Waals surface area contributed by atoms with E-state index < -0.39 is 7.49 Å². The topological polar surface area (TPSA) is 0 Å². The Morgan fingerprint density at radius 1 is 2.50 bits per heavy atom. The van der Waals surface area contributed by atoms with Crippen LogP contribution in [0.15, 0.2) is 0 Å². The monoisotopic (exact) mass is 347 g/mol. The molecule has 2 atom stereocenters. The molecule has 0 spiro atoms. The third-order valence-corrected chi connectivity index (χ3v) is 11.6. The van der Waals surface area contributed by atoms with Crippen LogP contribution in [-0.2, 0) is 0 Å². The van der Waals surface area contributed by atoms with Crippen LogP contribution in [0.3, 0.4) is 0 Å². The van der Waals surface area contributed by atoms with Crippen molar-refractivity contribution in [2.45, 2.75) is 0 Å². The van der Waals surface area contributed by atoms with Crippen molar-refractivity contribution in [2.75, 3.05) is 4.17 Å². The zero-order valence-corrected chi connectivity index (χ0v) is 9.20. The molecule has 36 valence electrons. The molecule has 2 unspecified atom stereocenters. The van der Waals surface area contributed by atoms with E-state index in [4.69, 9.17) is 2.67 Å². The number of rotatable bonds is 3. The van der Waals surface area contributed by atoms with Crippen molar-refractivity contribution in [1.82, 2.24) is 0 Å². The molecular formula is CH5BI2P2. The summed E-state index contributed by atoms with van der Waals surface area (Å²) in [6.45, 7) is 0. The molecule has 0 aromatic heterocycles. The van der Waals surface area contributed by atoms with Crippen LogP contribution in [0.25, 0.3) is 0 Å². The van der Waals surface area contributed by atoms with Crippen LogP contribution in [0, 0.1) is 0 Å². The Morgan fingerprint density at radius 2 is 3.17 bits per heavy atom. The molecular weight excluding hydrogens is 339 g/mol. The van der Waals surface area contributed by atoms with Crippen LogP contribution in [0.4, 0.5) is 0 Å². The van der Waals surface area contributed by atoms with Gasteiger partial charge in [0.1, 0.15) is 7.49 Å². The first kappa shape index (κ1) is 5.19. The summed E-state index contributed by atoms with van der Waals surface area (Å²) in [5, 5.41) is 0. The van der Waals surface area contributed by atoms with Gasteiger partial charge in [0.15, 0.2) is 0 Å². The third-order valence-electron chi connectivity index (χ3n) is 0.237. The van der Waals surface area contributed by atoms with Crippen LogP contribution in [-0.4, -0.2) is 14.3 Å². The van der Waals surface area contributed by atoms with Crippen molar-refractivity contribution in [3.05, 3.63) is 0 Å². The highest BCUT2D eigenvalue weighted by molar-refractivity contribution is 14.2. The Hall–Kier alpha value is 2.38. The minimum atomic E-state index is -0.558. The van der Waals surface area contributed by atoms with Crippen molar-refractivity contribution < 1.29 is 0 Å². The Morgan fingerprint density at radius 3 is 3.17 bits per heavy atom. The van der Waals surface area contributed by atoms with Crippen LogP contribution < -0.4 is 0 Å². The minimum Gasteiger partial charge on any atom is -0.107 e. The van der Waals surface area contributed by atoms with Gasteiger partial charge in [-0.15, -0.1) is 7.49 Å². The number of hydrogen-bond donors (Lipinski definition) is 0. The Balaban J connectivity index is 3.35. The molecule has 0 aromatic rings. The van der Waals surface area contributed by atoms with Crippen molar-refractivity contribution in [1.29, 1.82) is 2.67 Å². The number of alkyl halides is 1. The van der Waals surface area contributed by atoms with Crippen molar-refractivity contribution >= 4 is 65.5 Å². The molecule has 0 saturated heterocycles. The standard InChI is InChI=1S/CH5BI2P2/c2-6(1-3)5-4/h5H,1-2H2/i2TD. The average molecular weight is 347 g/mol. The lowest BCUT2D eigenvalue weighted by Crippen LogP contribution is -1.55. The summed E-state index contributed by atoms with van der Waals surface area (Å²) >= 11 is 4.53. The van der Waals surface area contributed by atoms with E-state index in [1.54, 1.807) is 0 Å². The van der Waals surface area contributed by atoms with Gasteiger partial charge >= 0.3 is 0 Å². The molecule has 6 heavy (non-hydrogen) atoms. The molecule has 0 fully saturated rings. The molecule has 0 amide bonds. The second-order valence-corrected chi connectivity index (χ2v) is 10.6. The molecule has 0 saturated carbocycles. The maximum absolute atomic E-state index is 7.03. The quantitative estimate of drug-likeness (QED) is 0.318. The van der Waals surface area contributed by atoms with E-state index in [0.29, 0.717) is 0 Å². The lowest BCUT2D eigenvalue weighted by molar-refractivity contribution is 2.42. The summed E-state index contributed by atoms with van der Waals surface area (Å²) in [5.74, 6) is 0.782. The highest BCUT2D eigenvalue weighted by Gasteiger charge is 1.90. The first-order valence-electron chi connectivity index (χ1n) is 2.41. The van der Waals surface area contributed by atoms with E-state index in [9.17, 15) is 0 Å².